The first-order chi connectivity index (χ1) is 8.00. The number of ether oxygens (including phenoxy) is 1. The second-order valence-electron chi connectivity index (χ2n) is 4.50. The summed E-state index contributed by atoms with van der Waals surface area (Å²) in [5.41, 5.74) is 0.183. The Morgan fingerprint density at radius 1 is 1.35 bits per heavy atom. The van der Waals surface area contributed by atoms with Crippen LogP contribution >= 0.6 is 0 Å². The molecule has 1 aliphatic rings. The van der Waals surface area contributed by atoms with E-state index in [1.807, 2.05) is 6.92 Å². The smallest absolute Gasteiger partial charge is 0.194 e. The van der Waals surface area contributed by atoms with E-state index in [1.54, 1.807) is 0 Å². The van der Waals surface area contributed by atoms with Gasteiger partial charge in [-0.05, 0) is 30.9 Å². The van der Waals surface area contributed by atoms with E-state index in [9.17, 15) is 13.6 Å². The van der Waals surface area contributed by atoms with Crippen LogP contribution in [0.2, 0.25) is 0 Å². The number of carbonyl (C=O) groups excluding carboxylic acids is 1. The summed E-state index contributed by atoms with van der Waals surface area (Å²) in [6.07, 6.45) is 0.187. The Bertz CT molecular complexity index is 457. The zero-order chi connectivity index (χ0) is 12.6. The largest absolute Gasteiger partial charge is 0.370 e. The molecule has 92 valence electrons. The summed E-state index contributed by atoms with van der Waals surface area (Å²) >= 11 is 0. The molecule has 4 heteroatoms. The Morgan fingerprint density at radius 3 is 2.65 bits per heavy atom. The van der Waals surface area contributed by atoms with Crippen molar-refractivity contribution in [1.82, 2.24) is 0 Å². The van der Waals surface area contributed by atoms with Crippen molar-refractivity contribution in [3.8, 4) is 0 Å². The number of carbonyl (C=O) groups is 1. The van der Waals surface area contributed by atoms with Gasteiger partial charge in [0.15, 0.2) is 5.78 Å². The van der Waals surface area contributed by atoms with E-state index >= 15 is 0 Å². The number of rotatable bonds is 2. The van der Waals surface area contributed by atoms with Crippen molar-refractivity contribution < 1.29 is 18.3 Å². The fourth-order valence-electron chi connectivity index (χ4n) is 2.03. The lowest BCUT2D eigenvalue weighted by molar-refractivity contribution is 0.0575. The van der Waals surface area contributed by atoms with E-state index in [2.05, 4.69) is 0 Å². The summed E-state index contributed by atoms with van der Waals surface area (Å²) in [5, 5.41) is 0. The molecule has 1 aromatic rings. The molecule has 2 nitrogen and oxygen atoms in total. The molecule has 2 rings (SSSR count). The summed E-state index contributed by atoms with van der Waals surface area (Å²) in [4.78, 5) is 12.1. The minimum Gasteiger partial charge on any atom is -0.370 e. The van der Waals surface area contributed by atoms with Gasteiger partial charge in [0.05, 0.1) is 5.56 Å². The predicted octanol–water partition coefficient (Wildman–Crippen LogP) is 2.88. The van der Waals surface area contributed by atoms with Gasteiger partial charge < -0.3 is 4.74 Å². The molecule has 0 spiro atoms. The molecule has 0 aromatic heterocycles. The number of halogens is 2. The van der Waals surface area contributed by atoms with Crippen molar-refractivity contribution >= 4 is 5.78 Å². The minimum absolute atomic E-state index is 0.0762. The second kappa shape index (κ2) is 4.53. The van der Waals surface area contributed by atoms with Gasteiger partial charge in [0.1, 0.15) is 17.7 Å². The highest BCUT2D eigenvalue weighted by molar-refractivity contribution is 6.00. The quantitative estimate of drug-likeness (QED) is 0.743. The summed E-state index contributed by atoms with van der Waals surface area (Å²) < 4.78 is 31.9. The number of ketones is 1. The maximum atomic E-state index is 13.5. The zero-order valence-electron chi connectivity index (χ0n) is 9.80. The van der Waals surface area contributed by atoms with Crippen molar-refractivity contribution in [2.45, 2.75) is 26.4 Å². The van der Waals surface area contributed by atoms with Crippen molar-refractivity contribution in [3.63, 3.8) is 0 Å². The molecule has 1 fully saturated rings. The highest BCUT2D eigenvalue weighted by Gasteiger charge is 2.33. The molecule has 0 saturated carbocycles. The summed E-state index contributed by atoms with van der Waals surface area (Å²) in [7, 11) is 0. The molecule has 1 aliphatic heterocycles. The molecular weight excluding hydrogens is 226 g/mol. The van der Waals surface area contributed by atoms with Gasteiger partial charge in [0, 0.05) is 12.7 Å². The van der Waals surface area contributed by atoms with Crippen LogP contribution in [0.25, 0.3) is 0 Å². The van der Waals surface area contributed by atoms with Crippen LogP contribution in [-0.2, 0) is 4.74 Å². The van der Waals surface area contributed by atoms with E-state index < -0.39 is 23.5 Å². The Kier molecular flexibility index (Phi) is 3.24. The average molecular weight is 240 g/mol. The second-order valence-corrected chi connectivity index (χ2v) is 4.50. The lowest BCUT2D eigenvalue weighted by Crippen LogP contribution is -2.26. The molecule has 1 saturated heterocycles. The Labute approximate surface area is 98.6 Å². The SMILES string of the molecule is Cc1cc(C(=O)C2OCCC2C)c(F)cc1F. The minimum atomic E-state index is -0.819. The zero-order valence-corrected chi connectivity index (χ0v) is 9.80. The molecule has 2 atom stereocenters. The number of hydrogen-bond donors (Lipinski definition) is 0. The molecule has 0 amide bonds. The third-order valence-electron chi connectivity index (χ3n) is 3.16. The fourth-order valence-corrected chi connectivity index (χ4v) is 2.03. The number of benzene rings is 1. The van der Waals surface area contributed by atoms with Gasteiger partial charge in [0.2, 0.25) is 0 Å². The fraction of sp³-hybridized carbons (Fsp3) is 0.462. The molecule has 0 aliphatic carbocycles. The number of hydrogen-bond acceptors (Lipinski definition) is 2. The lowest BCUT2D eigenvalue weighted by Gasteiger charge is -2.14. The molecule has 0 radical (unpaired) electrons. The molecule has 1 heterocycles. The van der Waals surface area contributed by atoms with Crippen LogP contribution in [0, 0.1) is 24.5 Å². The van der Waals surface area contributed by atoms with Crippen molar-refractivity contribution in [2.75, 3.05) is 6.61 Å². The maximum absolute atomic E-state index is 13.5. The third kappa shape index (κ3) is 2.22. The van der Waals surface area contributed by atoms with Crippen molar-refractivity contribution in [3.05, 3.63) is 34.9 Å². The van der Waals surface area contributed by atoms with Crippen molar-refractivity contribution in [1.29, 1.82) is 0 Å². The van der Waals surface area contributed by atoms with Gasteiger partial charge in [-0.2, -0.15) is 0 Å². The Balaban J connectivity index is 2.34. The van der Waals surface area contributed by atoms with Crippen LogP contribution in [0.1, 0.15) is 29.3 Å². The van der Waals surface area contributed by atoms with E-state index in [0.29, 0.717) is 6.61 Å². The molecule has 0 N–H and O–H groups in total. The number of Topliss-reactive ketones (excluding diaryl/α,β-unsaturated/α-hetero) is 1. The summed E-state index contributed by atoms with van der Waals surface area (Å²) in [6, 6.07) is 2.00. The van der Waals surface area contributed by atoms with E-state index in [4.69, 9.17) is 4.74 Å². The monoisotopic (exact) mass is 240 g/mol. The third-order valence-corrected chi connectivity index (χ3v) is 3.16. The van der Waals surface area contributed by atoms with Crippen LogP contribution < -0.4 is 0 Å². The number of aryl methyl sites for hydroxylation is 1. The van der Waals surface area contributed by atoms with Crippen LogP contribution in [-0.4, -0.2) is 18.5 Å². The van der Waals surface area contributed by atoms with Gasteiger partial charge >= 0.3 is 0 Å². The van der Waals surface area contributed by atoms with E-state index in [-0.39, 0.29) is 17.0 Å². The first kappa shape index (κ1) is 12.2. The van der Waals surface area contributed by atoms with Gasteiger partial charge in [-0.1, -0.05) is 6.92 Å². The van der Waals surface area contributed by atoms with Crippen molar-refractivity contribution in [2.24, 2.45) is 5.92 Å². The topological polar surface area (TPSA) is 26.3 Å². The molecule has 1 aromatic carbocycles. The first-order valence-corrected chi connectivity index (χ1v) is 5.62. The normalized spacial score (nSPS) is 24.0. The van der Waals surface area contributed by atoms with Gasteiger partial charge in [0.25, 0.3) is 0 Å². The van der Waals surface area contributed by atoms with Crippen LogP contribution in [0.4, 0.5) is 8.78 Å². The highest BCUT2D eigenvalue weighted by Crippen LogP contribution is 2.25. The standard InChI is InChI=1S/C13H14F2O2/c1-7-3-4-17-13(7)12(16)9-5-8(2)10(14)6-11(9)15/h5-7,13H,3-4H2,1-2H3. The van der Waals surface area contributed by atoms with Crippen LogP contribution in [0.3, 0.4) is 0 Å². The molecule has 17 heavy (non-hydrogen) atoms. The Morgan fingerprint density at radius 2 is 2.06 bits per heavy atom. The molecular formula is C13H14F2O2. The van der Waals surface area contributed by atoms with E-state index in [1.165, 1.54) is 13.0 Å². The highest BCUT2D eigenvalue weighted by atomic mass is 19.1. The summed E-state index contributed by atoms with van der Waals surface area (Å²) in [6.45, 7) is 3.91. The first-order valence-electron chi connectivity index (χ1n) is 5.62. The summed E-state index contributed by atoms with van der Waals surface area (Å²) in [5.74, 6) is -1.77. The lowest BCUT2D eigenvalue weighted by atomic mass is 9.95. The van der Waals surface area contributed by atoms with Crippen LogP contribution in [0.15, 0.2) is 12.1 Å². The predicted molar refractivity (Wildman–Crippen MR) is 58.9 cm³/mol. The maximum Gasteiger partial charge on any atom is 0.194 e. The average Bonchev–Trinajstić information content (AvgIpc) is 2.69. The van der Waals surface area contributed by atoms with E-state index in [0.717, 1.165) is 12.5 Å². The Hall–Kier alpha value is -1.29. The van der Waals surface area contributed by atoms with Gasteiger partial charge in [-0.3, -0.25) is 4.79 Å². The van der Waals surface area contributed by atoms with Crippen LogP contribution in [0.5, 0.6) is 0 Å². The molecule has 2 unspecified atom stereocenters. The van der Waals surface area contributed by atoms with Gasteiger partial charge in [-0.15, -0.1) is 0 Å². The van der Waals surface area contributed by atoms with Gasteiger partial charge in [-0.25, -0.2) is 8.78 Å². The molecule has 0 bridgehead atoms.